The van der Waals surface area contributed by atoms with Crippen molar-refractivity contribution in [1.29, 1.82) is 0 Å². The molecule has 134 valence electrons. The SMILES string of the molecule is O=c1ccn([C@@H]2O[C@H](CO)[C@@H](O)[C@H]2O)c(=O)n1CCc1ccccc1. The molecule has 3 rings (SSSR count). The van der Waals surface area contributed by atoms with Crippen LogP contribution in [0.15, 0.2) is 52.2 Å². The zero-order valence-electron chi connectivity index (χ0n) is 13.4. The first kappa shape index (κ1) is 17.6. The van der Waals surface area contributed by atoms with Crippen LogP contribution in [0.3, 0.4) is 0 Å². The summed E-state index contributed by atoms with van der Waals surface area (Å²) in [6.07, 6.45) is -3.12. The summed E-state index contributed by atoms with van der Waals surface area (Å²) < 4.78 is 7.48. The third-order valence-corrected chi connectivity index (χ3v) is 4.35. The van der Waals surface area contributed by atoms with E-state index in [1.165, 1.54) is 12.3 Å². The van der Waals surface area contributed by atoms with Crippen LogP contribution in [0.5, 0.6) is 0 Å². The molecule has 0 bridgehead atoms. The normalized spacial score (nSPS) is 26.0. The Kier molecular flexibility index (Phi) is 5.14. The molecular weight excluding hydrogens is 328 g/mol. The number of ether oxygens (including phenoxy) is 1. The minimum absolute atomic E-state index is 0.178. The Labute approximate surface area is 143 Å². The summed E-state index contributed by atoms with van der Waals surface area (Å²) in [5, 5.41) is 29.1. The number of hydrogen-bond donors (Lipinski definition) is 3. The van der Waals surface area contributed by atoms with E-state index in [9.17, 15) is 19.8 Å². The van der Waals surface area contributed by atoms with Crippen molar-refractivity contribution >= 4 is 0 Å². The highest BCUT2D eigenvalue weighted by molar-refractivity contribution is 5.14. The lowest BCUT2D eigenvalue weighted by Crippen LogP contribution is -2.43. The highest BCUT2D eigenvalue weighted by atomic mass is 16.6. The second-order valence-corrected chi connectivity index (χ2v) is 5.96. The van der Waals surface area contributed by atoms with Crippen LogP contribution in [0.25, 0.3) is 0 Å². The van der Waals surface area contributed by atoms with E-state index < -0.39 is 42.4 Å². The minimum atomic E-state index is -1.38. The predicted molar refractivity (Wildman–Crippen MR) is 88.1 cm³/mol. The van der Waals surface area contributed by atoms with E-state index >= 15 is 0 Å². The molecule has 0 amide bonds. The highest BCUT2D eigenvalue weighted by Crippen LogP contribution is 2.27. The summed E-state index contributed by atoms with van der Waals surface area (Å²) in [4.78, 5) is 24.7. The number of aliphatic hydroxyl groups is 3. The average Bonchev–Trinajstić information content (AvgIpc) is 2.91. The van der Waals surface area contributed by atoms with Gasteiger partial charge in [-0.3, -0.25) is 13.9 Å². The fraction of sp³-hybridized carbons (Fsp3) is 0.412. The molecule has 1 fully saturated rings. The van der Waals surface area contributed by atoms with Crippen molar-refractivity contribution < 1.29 is 20.1 Å². The summed E-state index contributed by atoms with van der Waals surface area (Å²) in [7, 11) is 0. The molecule has 25 heavy (non-hydrogen) atoms. The maximum atomic E-state index is 12.6. The van der Waals surface area contributed by atoms with E-state index in [1.807, 2.05) is 30.3 Å². The van der Waals surface area contributed by atoms with Crippen molar-refractivity contribution in [3.63, 3.8) is 0 Å². The Morgan fingerprint density at radius 2 is 1.76 bits per heavy atom. The standard InChI is InChI=1S/C17H20N2O6/c20-10-12-14(22)15(23)16(25-12)19-9-7-13(21)18(17(19)24)8-6-11-4-2-1-3-5-11/h1-5,7,9,12,14-16,20,22-23H,6,8,10H2/t12-,14-,15-,16-/m1/s1. The van der Waals surface area contributed by atoms with E-state index in [1.54, 1.807) is 0 Å². The summed E-state index contributed by atoms with van der Waals surface area (Å²) in [6.45, 7) is -0.311. The van der Waals surface area contributed by atoms with Gasteiger partial charge in [-0.2, -0.15) is 0 Å². The molecule has 2 heterocycles. The molecule has 1 aliphatic heterocycles. The molecule has 2 aromatic rings. The van der Waals surface area contributed by atoms with Crippen LogP contribution in [-0.2, 0) is 17.7 Å². The van der Waals surface area contributed by atoms with Crippen molar-refractivity contribution in [2.75, 3.05) is 6.61 Å². The number of hydrogen-bond acceptors (Lipinski definition) is 6. The van der Waals surface area contributed by atoms with Gasteiger partial charge in [0.05, 0.1) is 6.61 Å². The molecular formula is C17H20N2O6. The predicted octanol–water partition coefficient (Wildman–Crippen LogP) is -1.14. The van der Waals surface area contributed by atoms with Gasteiger partial charge < -0.3 is 20.1 Å². The highest BCUT2D eigenvalue weighted by Gasteiger charge is 2.43. The summed E-state index contributed by atoms with van der Waals surface area (Å²) in [5.74, 6) is 0. The minimum Gasteiger partial charge on any atom is -0.394 e. The van der Waals surface area contributed by atoms with Crippen molar-refractivity contribution in [2.45, 2.75) is 37.5 Å². The van der Waals surface area contributed by atoms with Gasteiger partial charge in [-0.1, -0.05) is 30.3 Å². The quantitative estimate of drug-likeness (QED) is 0.630. The van der Waals surface area contributed by atoms with Gasteiger partial charge in [0.2, 0.25) is 0 Å². The second kappa shape index (κ2) is 7.32. The number of aryl methyl sites for hydroxylation is 1. The number of benzene rings is 1. The van der Waals surface area contributed by atoms with Gasteiger partial charge in [0, 0.05) is 18.8 Å². The third-order valence-electron chi connectivity index (χ3n) is 4.35. The molecule has 8 nitrogen and oxygen atoms in total. The van der Waals surface area contributed by atoms with Crippen molar-refractivity contribution in [1.82, 2.24) is 9.13 Å². The molecule has 4 atom stereocenters. The first-order valence-electron chi connectivity index (χ1n) is 8.01. The van der Waals surface area contributed by atoms with Crippen molar-refractivity contribution in [3.05, 3.63) is 69.0 Å². The lowest BCUT2D eigenvalue weighted by Gasteiger charge is -2.18. The van der Waals surface area contributed by atoms with E-state index in [0.717, 1.165) is 14.7 Å². The van der Waals surface area contributed by atoms with Crippen LogP contribution in [0.2, 0.25) is 0 Å². The van der Waals surface area contributed by atoms with E-state index in [0.29, 0.717) is 6.42 Å². The fourth-order valence-corrected chi connectivity index (χ4v) is 2.93. The largest absolute Gasteiger partial charge is 0.394 e. The molecule has 1 aliphatic rings. The average molecular weight is 348 g/mol. The molecule has 3 N–H and O–H groups in total. The first-order valence-corrected chi connectivity index (χ1v) is 8.01. The summed E-state index contributed by atoms with van der Waals surface area (Å²) in [6, 6.07) is 10.6. The van der Waals surface area contributed by atoms with E-state index in [2.05, 4.69) is 0 Å². The fourth-order valence-electron chi connectivity index (χ4n) is 2.93. The van der Waals surface area contributed by atoms with Gasteiger partial charge in [0.15, 0.2) is 6.23 Å². The Bertz CT molecular complexity index is 831. The van der Waals surface area contributed by atoms with Gasteiger partial charge in [0.1, 0.15) is 18.3 Å². The molecule has 0 aliphatic carbocycles. The number of rotatable bonds is 5. The number of aliphatic hydroxyl groups excluding tert-OH is 3. The lowest BCUT2D eigenvalue weighted by atomic mass is 10.1. The Balaban J connectivity index is 1.88. The Morgan fingerprint density at radius 3 is 2.40 bits per heavy atom. The topological polar surface area (TPSA) is 114 Å². The molecule has 1 aromatic carbocycles. The van der Waals surface area contributed by atoms with Crippen molar-refractivity contribution in [3.8, 4) is 0 Å². The van der Waals surface area contributed by atoms with Gasteiger partial charge in [0.25, 0.3) is 5.56 Å². The number of nitrogens with zero attached hydrogens (tertiary/aromatic N) is 2. The van der Waals surface area contributed by atoms with Crippen molar-refractivity contribution in [2.24, 2.45) is 0 Å². The van der Waals surface area contributed by atoms with E-state index in [-0.39, 0.29) is 6.54 Å². The molecule has 0 unspecified atom stereocenters. The Morgan fingerprint density at radius 1 is 1.04 bits per heavy atom. The van der Waals surface area contributed by atoms with Crippen LogP contribution in [0.4, 0.5) is 0 Å². The number of aromatic nitrogens is 2. The van der Waals surface area contributed by atoms with Crippen LogP contribution < -0.4 is 11.2 Å². The summed E-state index contributed by atoms with van der Waals surface area (Å²) >= 11 is 0. The van der Waals surface area contributed by atoms with Crippen LogP contribution in [0.1, 0.15) is 11.8 Å². The van der Waals surface area contributed by atoms with Gasteiger partial charge >= 0.3 is 5.69 Å². The Hall–Kier alpha value is -2.26. The molecule has 1 saturated heterocycles. The zero-order chi connectivity index (χ0) is 18.0. The van der Waals surface area contributed by atoms with Crippen LogP contribution in [-0.4, -0.2) is 49.4 Å². The third kappa shape index (κ3) is 3.42. The molecule has 0 radical (unpaired) electrons. The molecule has 8 heteroatoms. The van der Waals surface area contributed by atoms with Crippen LogP contribution in [0, 0.1) is 0 Å². The van der Waals surface area contributed by atoms with Gasteiger partial charge in [-0.05, 0) is 12.0 Å². The lowest BCUT2D eigenvalue weighted by molar-refractivity contribution is -0.0556. The second-order valence-electron chi connectivity index (χ2n) is 5.96. The molecule has 1 aromatic heterocycles. The first-order chi connectivity index (χ1) is 12.0. The zero-order valence-corrected chi connectivity index (χ0v) is 13.4. The monoisotopic (exact) mass is 348 g/mol. The molecule has 0 saturated carbocycles. The maximum absolute atomic E-state index is 12.6. The van der Waals surface area contributed by atoms with Gasteiger partial charge in [-0.15, -0.1) is 0 Å². The van der Waals surface area contributed by atoms with Crippen LogP contribution >= 0.6 is 0 Å². The maximum Gasteiger partial charge on any atom is 0.333 e. The summed E-state index contributed by atoms with van der Waals surface area (Å²) in [5.41, 5.74) is -0.112. The van der Waals surface area contributed by atoms with E-state index in [4.69, 9.17) is 9.84 Å². The van der Waals surface area contributed by atoms with Gasteiger partial charge in [-0.25, -0.2) is 4.79 Å². The smallest absolute Gasteiger partial charge is 0.333 e. The molecule has 0 spiro atoms.